The van der Waals surface area contributed by atoms with Crippen LogP contribution in [-0.4, -0.2) is 19.2 Å². The highest BCUT2D eigenvalue weighted by Gasteiger charge is 2.11. The number of benzene rings is 2. The van der Waals surface area contributed by atoms with Gasteiger partial charge in [-0.2, -0.15) is 0 Å². The van der Waals surface area contributed by atoms with Crippen LogP contribution in [0.5, 0.6) is 17.2 Å². The third-order valence-electron chi connectivity index (χ3n) is 3.80. The van der Waals surface area contributed by atoms with E-state index in [1.165, 1.54) is 0 Å². The maximum Gasteiger partial charge on any atom is 0.133 e. The normalized spacial score (nSPS) is 10.7. The molecule has 0 unspecified atom stereocenters. The molecule has 0 N–H and O–H groups in total. The second-order valence-electron chi connectivity index (χ2n) is 5.42. The summed E-state index contributed by atoms with van der Waals surface area (Å²) >= 11 is 6.15. The van der Waals surface area contributed by atoms with E-state index in [9.17, 15) is 0 Å². The Bertz CT molecular complexity index is 863. The van der Waals surface area contributed by atoms with Gasteiger partial charge in [0.1, 0.15) is 29.0 Å². The van der Waals surface area contributed by atoms with E-state index in [-0.39, 0.29) is 0 Å². The summed E-state index contributed by atoms with van der Waals surface area (Å²) in [6.07, 6.45) is 0. The van der Waals surface area contributed by atoms with Crippen LogP contribution >= 0.6 is 11.6 Å². The van der Waals surface area contributed by atoms with Crippen LogP contribution < -0.4 is 14.2 Å². The first-order chi connectivity index (χ1) is 11.6. The van der Waals surface area contributed by atoms with Gasteiger partial charge < -0.3 is 14.2 Å². The number of pyridine rings is 1. The van der Waals surface area contributed by atoms with Gasteiger partial charge in [-0.15, -0.1) is 0 Å². The lowest BCUT2D eigenvalue weighted by molar-refractivity contribution is 0.309. The summed E-state index contributed by atoms with van der Waals surface area (Å²) in [5.74, 6) is 2.26. The van der Waals surface area contributed by atoms with Crippen molar-refractivity contribution >= 4 is 22.5 Å². The van der Waals surface area contributed by atoms with Crippen molar-refractivity contribution in [3.63, 3.8) is 0 Å². The number of ether oxygens (including phenoxy) is 3. The van der Waals surface area contributed by atoms with Gasteiger partial charge >= 0.3 is 0 Å². The second kappa shape index (κ2) is 6.97. The van der Waals surface area contributed by atoms with Crippen molar-refractivity contribution in [3.8, 4) is 17.2 Å². The molecule has 0 aliphatic heterocycles. The molecule has 0 aliphatic rings. The van der Waals surface area contributed by atoms with E-state index in [1.807, 2.05) is 43.3 Å². The first kappa shape index (κ1) is 16.4. The predicted molar refractivity (Wildman–Crippen MR) is 95.4 cm³/mol. The Labute approximate surface area is 145 Å². The summed E-state index contributed by atoms with van der Waals surface area (Å²) in [5, 5.41) is 1.28. The lowest BCUT2D eigenvalue weighted by atomic mass is 10.1. The van der Waals surface area contributed by atoms with Gasteiger partial charge in [0.2, 0.25) is 0 Å². The number of rotatable bonds is 5. The highest BCUT2D eigenvalue weighted by atomic mass is 35.5. The van der Waals surface area contributed by atoms with Gasteiger partial charge in [-0.05, 0) is 42.3 Å². The molecule has 5 heteroatoms. The molecule has 1 heterocycles. The molecule has 3 aromatic rings. The van der Waals surface area contributed by atoms with E-state index < -0.39 is 0 Å². The highest BCUT2D eigenvalue weighted by molar-refractivity contribution is 6.30. The molecule has 3 rings (SSSR count). The summed E-state index contributed by atoms with van der Waals surface area (Å²) in [5.41, 5.74) is 2.84. The van der Waals surface area contributed by atoms with Gasteiger partial charge in [-0.25, -0.2) is 4.98 Å². The lowest BCUT2D eigenvalue weighted by Gasteiger charge is -2.13. The molecule has 0 spiro atoms. The number of fused-ring (bicyclic) bond motifs is 1. The Morgan fingerprint density at radius 2 is 1.67 bits per heavy atom. The first-order valence-electron chi connectivity index (χ1n) is 7.51. The van der Waals surface area contributed by atoms with Gasteiger partial charge in [-0.1, -0.05) is 23.7 Å². The molecular weight excluding hydrogens is 326 g/mol. The minimum Gasteiger partial charge on any atom is -0.497 e. The van der Waals surface area contributed by atoms with Gasteiger partial charge in [-0.3, -0.25) is 0 Å². The number of halogens is 1. The van der Waals surface area contributed by atoms with Crippen LogP contribution in [0.25, 0.3) is 10.9 Å². The van der Waals surface area contributed by atoms with Crippen molar-refractivity contribution < 1.29 is 14.2 Å². The molecular formula is C19H18ClNO3. The molecule has 0 bridgehead atoms. The van der Waals surface area contributed by atoms with Crippen molar-refractivity contribution in [1.29, 1.82) is 0 Å². The van der Waals surface area contributed by atoms with Gasteiger partial charge in [0.05, 0.1) is 19.7 Å². The zero-order chi connectivity index (χ0) is 17.1. The minimum atomic E-state index is 0.403. The number of aryl methyl sites for hydroxylation is 1. The maximum absolute atomic E-state index is 6.15. The van der Waals surface area contributed by atoms with Gasteiger partial charge in [0, 0.05) is 11.5 Å². The quantitative estimate of drug-likeness (QED) is 0.624. The lowest BCUT2D eigenvalue weighted by Crippen LogP contribution is -1.98. The Morgan fingerprint density at radius 3 is 2.33 bits per heavy atom. The first-order valence-corrected chi connectivity index (χ1v) is 7.89. The summed E-state index contributed by atoms with van der Waals surface area (Å²) in [4.78, 5) is 4.40. The smallest absolute Gasteiger partial charge is 0.133 e. The number of nitrogens with zero attached hydrogens (tertiary/aromatic N) is 1. The van der Waals surface area contributed by atoms with Crippen molar-refractivity contribution in [1.82, 2.24) is 4.98 Å². The van der Waals surface area contributed by atoms with Crippen LogP contribution in [-0.2, 0) is 6.61 Å². The number of aromatic nitrogens is 1. The molecule has 0 atom stereocenters. The summed E-state index contributed by atoms with van der Waals surface area (Å²) in [6.45, 7) is 2.40. The molecule has 124 valence electrons. The SMILES string of the molecule is COc1ccc(COc2cc(Cl)nc3c(C)cc(OC)cc23)cc1. The van der Waals surface area contributed by atoms with Crippen LogP contribution in [0.4, 0.5) is 0 Å². The van der Waals surface area contributed by atoms with Gasteiger partial charge in [0.15, 0.2) is 0 Å². The van der Waals surface area contributed by atoms with Gasteiger partial charge in [0.25, 0.3) is 0 Å². The van der Waals surface area contributed by atoms with Crippen molar-refractivity contribution in [2.75, 3.05) is 14.2 Å². The van der Waals surface area contributed by atoms with E-state index in [0.29, 0.717) is 17.5 Å². The van der Waals surface area contributed by atoms with Crippen molar-refractivity contribution in [2.24, 2.45) is 0 Å². The fraction of sp³-hybridized carbons (Fsp3) is 0.211. The number of hydrogen-bond donors (Lipinski definition) is 0. The molecule has 4 nitrogen and oxygen atoms in total. The predicted octanol–water partition coefficient (Wildman–Crippen LogP) is 4.79. The summed E-state index contributed by atoms with van der Waals surface area (Å²) in [6, 6.07) is 13.3. The fourth-order valence-electron chi connectivity index (χ4n) is 2.53. The molecule has 1 aromatic heterocycles. The Balaban J connectivity index is 1.94. The molecule has 0 saturated heterocycles. The maximum atomic E-state index is 6.15. The van der Waals surface area contributed by atoms with Crippen molar-refractivity contribution in [2.45, 2.75) is 13.5 Å². The minimum absolute atomic E-state index is 0.403. The van der Waals surface area contributed by atoms with Crippen molar-refractivity contribution in [3.05, 3.63) is 58.7 Å². The van der Waals surface area contributed by atoms with E-state index in [1.54, 1.807) is 20.3 Å². The average Bonchev–Trinajstić information content (AvgIpc) is 2.60. The van der Waals surface area contributed by atoms with Crippen LogP contribution in [0.2, 0.25) is 5.15 Å². The van der Waals surface area contributed by atoms with E-state index >= 15 is 0 Å². The zero-order valence-corrected chi connectivity index (χ0v) is 14.6. The Morgan fingerprint density at radius 1 is 0.958 bits per heavy atom. The fourth-order valence-corrected chi connectivity index (χ4v) is 2.71. The van der Waals surface area contributed by atoms with E-state index in [4.69, 9.17) is 25.8 Å². The Hall–Kier alpha value is -2.46. The largest absolute Gasteiger partial charge is 0.497 e. The molecule has 2 aromatic carbocycles. The topological polar surface area (TPSA) is 40.6 Å². The van der Waals surface area contributed by atoms with Crippen LogP contribution in [0.3, 0.4) is 0 Å². The molecule has 0 amide bonds. The molecule has 0 saturated carbocycles. The molecule has 0 radical (unpaired) electrons. The van der Waals surface area contributed by atoms with Crippen LogP contribution in [0.15, 0.2) is 42.5 Å². The van der Waals surface area contributed by atoms with E-state index in [2.05, 4.69) is 4.98 Å². The summed E-state index contributed by atoms with van der Waals surface area (Å²) < 4.78 is 16.5. The zero-order valence-electron chi connectivity index (χ0n) is 13.8. The van der Waals surface area contributed by atoms with Crippen LogP contribution in [0, 0.1) is 6.92 Å². The average molecular weight is 344 g/mol. The molecule has 0 fully saturated rings. The Kier molecular flexibility index (Phi) is 4.76. The molecule has 24 heavy (non-hydrogen) atoms. The number of methoxy groups -OCH3 is 2. The molecule has 0 aliphatic carbocycles. The number of hydrogen-bond acceptors (Lipinski definition) is 4. The van der Waals surface area contributed by atoms with E-state index in [0.717, 1.165) is 33.5 Å². The third kappa shape index (κ3) is 3.39. The summed E-state index contributed by atoms with van der Waals surface area (Å²) in [7, 11) is 3.29. The third-order valence-corrected chi connectivity index (χ3v) is 3.99. The second-order valence-corrected chi connectivity index (χ2v) is 5.81. The monoisotopic (exact) mass is 343 g/mol. The highest BCUT2D eigenvalue weighted by Crippen LogP contribution is 2.33. The van der Waals surface area contributed by atoms with Crippen LogP contribution in [0.1, 0.15) is 11.1 Å². The standard InChI is InChI=1S/C19H18ClNO3/c1-12-8-15(23-3)9-16-17(10-18(20)21-19(12)16)24-11-13-4-6-14(22-2)7-5-13/h4-10H,11H2,1-3H3.